The predicted molar refractivity (Wildman–Crippen MR) is 132 cm³/mol. The van der Waals surface area contributed by atoms with Crippen LogP contribution in [-0.2, 0) is 14.9 Å². The summed E-state index contributed by atoms with van der Waals surface area (Å²) in [5, 5.41) is 9.47. The van der Waals surface area contributed by atoms with Gasteiger partial charge in [0.1, 0.15) is 5.25 Å². The van der Waals surface area contributed by atoms with Crippen molar-refractivity contribution in [3.63, 3.8) is 0 Å². The van der Waals surface area contributed by atoms with Crippen LogP contribution in [0.15, 0.2) is 0 Å². The van der Waals surface area contributed by atoms with Gasteiger partial charge in [-0.15, -0.1) is 0 Å². The van der Waals surface area contributed by atoms with E-state index >= 15 is 0 Å². The number of fused-ring (bicyclic) bond motifs is 5. The van der Waals surface area contributed by atoms with Gasteiger partial charge in [-0.05, 0) is 111 Å². The molecule has 5 aliphatic rings. The van der Waals surface area contributed by atoms with Crippen LogP contribution in [0.3, 0.4) is 0 Å². The summed E-state index contributed by atoms with van der Waals surface area (Å²) >= 11 is 0. The van der Waals surface area contributed by atoms with Gasteiger partial charge in [0.25, 0.3) is 10.1 Å². The van der Waals surface area contributed by atoms with Crippen LogP contribution >= 0.6 is 0 Å². The second-order valence-electron chi connectivity index (χ2n) is 13.3. The van der Waals surface area contributed by atoms with Gasteiger partial charge >= 0.3 is 0 Å². The number of nitrogens with zero attached hydrogens (tertiary/aromatic N) is 1. The molecule has 9 atom stereocenters. The van der Waals surface area contributed by atoms with Crippen LogP contribution in [-0.4, -0.2) is 53.3 Å². The molecule has 0 aromatic carbocycles. The van der Waals surface area contributed by atoms with Crippen molar-refractivity contribution in [3.05, 3.63) is 0 Å². The van der Waals surface area contributed by atoms with Gasteiger partial charge in [0, 0.05) is 19.5 Å². The van der Waals surface area contributed by atoms with Gasteiger partial charge in [0.2, 0.25) is 5.91 Å². The third-order valence-corrected chi connectivity index (χ3v) is 13.0. The summed E-state index contributed by atoms with van der Waals surface area (Å²) in [6, 6.07) is 0. The Bertz CT molecular complexity index is 901. The molecule has 5 fully saturated rings. The van der Waals surface area contributed by atoms with Gasteiger partial charge in [-0.1, -0.05) is 20.8 Å². The molecule has 0 bridgehead atoms. The zero-order chi connectivity index (χ0) is 24.5. The number of rotatable bonds is 5. The Morgan fingerprint density at radius 2 is 1.68 bits per heavy atom. The first-order chi connectivity index (χ1) is 15.9. The highest BCUT2D eigenvalue weighted by Crippen LogP contribution is 2.68. The fourth-order valence-corrected chi connectivity index (χ4v) is 10.5. The molecule has 1 aliphatic heterocycles. The fraction of sp³-hybridized carbons (Fsp3) is 0.963. The Balaban J connectivity index is 1.19. The standard InChI is InChI=1S/C27H45NO5S/c1-17(4-9-25(30)28-15-20(16-28)34(31,32)33)22-7-8-23-21-6-5-18-14-19(29)10-12-26(18,2)24(21)11-13-27(22,23)3/h17-24,29H,4-16H2,1-3H3,(H,31,32,33)/t17-,18-,19-,21+,22-,23+,24+,26+,27-/m1/s1. The maximum atomic E-state index is 12.6. The smallest absolute Gasteiger partial charge is 0.271 e. The molecule has 194 valence electrons. The van der Waals surface area contributed by atoms with E-state index < -0.39 is 15.4 Å². The molecule has 6 nitrogen and oxygen atoms in total. The molecule has 0 aromatic heterocycles. The van der Waals surface area contributed by atoms with Gasteiger partial charge in [-0.2, -0.15) is 8.42 Å². The van der Waals surface area contributed by atoms with E-state index in [0.29, 0.717) is 35.0 Å². The lowest BCUT2D eigenvalue weighted by molar-refractivity contribution is -0.135. The molecular formula is C27H45NO5S. The van der Waals surface area contributed by atoms with Crippen LogP contribution < -0.4 is 0 Å². The number of likely N-dealkylation sites (tertiary alicyclic amines) is 1. The summed E-state index contributed by atoms with van der Waals surface area (Å²) in [6.07, 6.45) is 12.3. The molecule has 5 rings (SSSR count). The Kier molecular flexibility index (Phi) is 6.42. The average molecular weight is 496 g/mol. The molecule has 2 N–H and O–H groups in total. The Morgan fingerprint density at radius 1 is 1.00 bits per heavy atom. The summed E-state index contributed by atoms with van der Waals surface area (Å²) in [7, 11) is -4.03. The lowest BCUT2D eigenvalue weighted by atomic mass is 9.44. The highest BCUT2D eigenvalue weighted by atomic mass is 32.2. The summed E-state index contributed by atoms with van der Waals surface area (Å²) in [5.74, 6) is 4.32. The first kappa shape index (κ1) is 25.0. The average Bonchev–Trinajstić information content (AvgIpc) is 3.07. The van der Waals surface area contributed by atoms with Crippen molar-refractivity contribution in [2.24, 2.45) is 46.3 Å². The van der Waals surface area contributed by atoms with E-state index in [2.05, 4.69) is 20.8 Å². The van der Waals surface area contributed by atoms with Gasteiger partial charge in [0.15, 0.2) is 0 Å². The zero-order valence-corrected chi connectivity index (χ0v) is 22.1. The van der Waals surface area contributed by atoms with Crippen molar-refractivity contribution in [2.75, 3.05) is 13.1 Å². The van der Waals surface area contributed by atoms with Crippen molar-refractivity contribution in [1.82, 2.24) is 4.90 Å². The Hall–Kier alpha value is -0.660. The normalized spacial score (nSPS) is 45.6. The largest absolute Gasteiger partial charge is 0.393 e. The molecule has 1 heterocycles. The summed E-state index contributed by atoms with van der Waals surface area (Å²) in [5.41, 5.74) is 0.782. The maximum Gasteiger partial charge on any atom is 0.271 e. The second kappa shape index (κ2) is 8.72. The van der Waals surface area contributed by atoms with Crippen LogP contribution in [0, 0.1) is 46.3 Å². The number of carbonyl (C=O) groups is 1. The van der Waals surface area contributed by atoms with Crippen molar-refractivity contribution >= 4 is 16.0 Å². The molecular weight excluding hydrogens is 450 g/mol. The first-order valence-electron chi connectivity index (χ1n) is 13.9. The number of aliphatic hydroxyl groups is 1. The second-order valence-corrected chi connectivity index (χ2v) is 15.0. The van der Waals surface area contributed by atoms with Crippen molar-refractivity contribution in [2.45, 2.75) is 103 Å². The Morgan fingerprint density at radius 3 is 2.38 bits per heavy atom. The zero-order valence-electron chi connectivity index (χ0n) is 21.3. The molecule has 0 spiro atoms. The van der Waals surface area contributed by atoms with Crippen LogP contribution in [0.2, 0.25) is 0 Å². The molecule has 34 heavy (non-hydrogen) atoms. The quantitative estimate of drug-likeness (QED) is 0.547. The third kappa shape index (κ3) is 4.06. The maximum absolute atomic E-state index is 12.6. The minimum absolute atomic E-state index is 0.0286. The van der Waals surface area contributed by atoms with Crippen molar-refractivity contribution in [3.8, 4) is 0 Å². The lowest BCUT2D eigenvalue weighted by Crippen LogP contribution is -2.56. The molecule has 1 saturated heterocycles. The molecule has 0 radical (unpaired) electrons. The molecule has 0 unspecified atom stereocenters. The molecule has 0 aromatic rings. The highest BCUT2D eigenvalue weighted by molar-refractivity contribution is 7.86. The molecule has 7 heteroatoms. The van der Waals surface area contributed by atoms with Gasteiger partial charge in [-0.3, -0.25) is 9.35 Å². The fourth-order valence-electron chi connectivity index (χ4n) is 9.75. The Labute approximate surface area is 206 Å². The minimum Gasteiger partial charge on any atom is -0.393 e. The predicted octanol–water partition coefficient (Wildman–Crippen LogP) is 4.52. The third-order valence-electron chi connectivity index (χ3n) is 11.8. The molecule has 4 saturated carbocycles. The monoisotopic (exact) mass is 495 g/mol. The van der Waals surface area contributed by atoms with Crippen LogP contribution in [0.25, 0.3) is 0 Å². The topological polar surface area (TPSA) is 94.9 Å². The van der Waals surface area contributed by atoms with Gasteiger partial charge < -0.3 is 10.0 Å². The number of hydrogen-bond donors (Lipinski definition) is 2. The van der Waals surface area contributed by atoms with Crippen molar-refractivity contribution < 1.29 is 22.9 Å². The van der Waals surface area contributed by atoms with E-state index in [1.54, 1.807) is 4.90 Å². The van der Waals surface area contributed by atoms with Gasteiger partial charge in [0.05, 0.1) is 6.10 Å². The van der Waals surface area contributed by atoms with E-state index in [1.807, 2.05) is 0 Å². The summed E-state index contributed by atoms with van der Waals surface area (Å²) in [4.78, 5) is 14.2. The van der Waals surface area contributed by atoms with Crippen LogP contribution in [0.5, 0.6) is 0 Å². The van der Waals surface area contributed by atoms with Crippen LogP contribution in [0.4, 0.5) is 0 Å². The highest BCUT2D eigenvalue weighted by Gasteiger charge is 2.60. The summed E-state index contributed by atoms with van der Waals surface area (Å²) < 4.78 is 31.6. The van der Waals surface area contributed by atoms with E-state index in [0.717, 1.165) is 37.0 Å². The number of carbonyl (C=O) groups excluding carboxylic acids is 1. The van der Waals surface area contributed by atoms with E-state index in [9.17, 15) is 18.3 Å². The van der Waals surface area contributed by atoms with E-state index in [1.165, 1.54) is 44.9 Å². The van der Waals surface area contributed by atoms with E-state index in [4.69, 9.17) is 4.55 Å². The lowest BCUT2D eigenvalue weighted by Gasteiger charge is -2.61. The number of hydrogen-bond acceptors (Lipinski definition) is 4. The van der Waals surface area contributed by atoms with Crippen LogP contribution in [0.1, 0.15) is 91.4 Å². The molecule has 1 amide bonds. The van der Waals surface area contributed by atoms with Crippen molar-refractivity contribution in [1.29, 1.82) is 0 Å². The van der Waals surface area contributed by atoms with E-state index in [-0.39, 0.29) is 25.1 Å². The summed E-state index contributed by atoms with van der Waals surface area (Å²) in [6.45, 7) is 7.70. The molecule has 4 aliphatic carbocycles. The number of amides is 1. The first-order valence-corrected chi connectivity index (χ1v) is 15.4. The van der Waals surface area contributed by atoms with Gasteiger partial charge in [-0.25, -0.2) is 0 Å². The SMILES string of the molecule is C[C@H](CCC(=O)N1CC(S(=O)(=O)O)C1)[C@H]1CC[C@H]2[C@@H]3CC[C@@H]4C[C@H](O)CC[C@]4(C)[C@H]3CC[C@]12C. The number of aliphatic hydroxyl groups excluding tert-OH is 1. The minimum atomic E-state index is -4.03.